The summed E-state index contributed by atoms with van der Waals surface area (Å²) < 4.78 is 10.6. The van der Waals surface area contributed by atoms with Gasteiger partial charge in [-0.15, -0.1) is 0 Å². The summed E-state index contributed by atoms with van der Waals surface area (Å²) in [6.45, 7) is 4.55. The molecule has 2 radical (unpaired) electrons. The molecule has 47 heavy (non-hydrogen) atoms. The summed E-state index contributed by atoms with van der Waals surface area (Å²) in [5.41, 5.74) is 0. The van der Waals surface area contributed by atoms with Gasteiger partial charge < -0.3 is 8.85 Å². The van der Waals surface area contributed by atoms with Crippen molar-refractivity contribution in [1.29, 1.82) is 0 Å². The van der Waals surface area contributed by atoms with Gasteiger partial charge in [0.25, 0.3) is 0 Å². The molecule has 0 aromatic heterocycles. The van der Waals surface area contributed by atoms with Gasteiger partial charge in [-0.25, -0.2) is 0 Å². The number of hydrogen-bond donors (Lipinski definition) is 0. The first kappa shape index (κ1) is 43.7. The first-order valence-electron chi connectivity index (χ1n) is 18.4. The molecule has 0 amide bonds. The van der Waals surface area contributed by atoms with Crippen molar-refractivity contribution in [2.75, 3.05) is 0 Å². The van der Waals surface area contributed by atoms with Gasteiger partial charge in [-0.2, -0.15) is 0 Å². The molecule has 0 bridgehead atoms. The van der Waals surface area contributed by atoms with Crippen LogP contribution in [0.25, 0.3) is 0 Å². The first-order valence-corrected chi connectivity index (χ1v) is 19.3. The van der Waals surface area contributed by atoms with E-state index >= 15 is 0 Å². The Hall–Kier alpha value is -3.30. The topological polar surface area (TPSA) is 18.5 Å². The Morgan fingerprint density at radius 2 is 0.553 bits per heavy atom. The van der Waals surface area contributed by atoms with E-state index in [1.165, 1.54) is 116 Å². The molecule has 0 saturated heterocycles. The minimum atomic E-state index is -0.0731. The molecule has 0 aromatic carbocycles. The standard InChI is InChI=1S/C44H66O2Si/c1-3-5-7-9-11-13-15-17-19-21-23-25-27-29-31-33-35-37-39-41-43-45-47-46-44-42-40-38-36-34-32-30-28-26-24-22-20-18-16-14-12-10-8-6-4-2/h21-44H,3-20H2,1-2H3. The molecule has 0 spiro atoms. The smallest absolute Gasteiger partial charge is 0.515 e. The average molecular weight is 655 g/mol. The first-order chi connectivity index (χ1) is 23.4. The van der Waals surface area contributed by atoms with E-state index in [1.807, 2.05) is 85.1 Å². The molecule has 0 aliphatic rings. The summed E-state index contributed by atoms with van der Waals surface area (Å²) in [4.78, 5) is 0. The van der Waals surface area contributed by atoms with Crippen LogP contribution in [0.15, 0.2) is 146 Å². The van der Waals surface area contributed by atoms with Crippen LogP contribution < -0.4 is 0 Å². The van der Waals surface area contributed by atoms with E-state index < -0.39 is 0 Å². The van der Waals surface area contributed by atoms with E-state index in [0.717, 1.165) is 0 Å². The zero-order valence-corrected chi connectivity index (χ0v) is 30.9. The highest BCUT2D eigenvalue weighted by Crippen LogP contribution is 2.10. The highest BCUT2D eigenvalue weighted by molar-refractivity contribution is 6.18. The van der Waals surface area contributed by atoms with E-state index in [0.29, 0.717) is 0 Å². The van der Waals surface area contributed by atoms with E-state index in [9.17, 15) is 0 Å². The number of hydrogen-bond acceptors (Lipinski definition) is 2. The Bertz CT molecular complexity index is 918. The van der Waals surface area contributed by atoms with Crippen molar-refractivity contribution in [3.63, 3.8) is 0 Å². The Morgan fingerprint density at radius 1 is 0.298 bits per heavy atom. The molecule has 0 rings (SSSR count). The van der Waals surface area contributed by atoms with Crippen LogP contribution in [0.2, 0.25) is 0 Å². The van der Waals surface area contributed by atoms with Gasteiger partial charge in [0.2, 0.25) is 0 Å². The Kier molecular flexibility index (Phi) is 39.7. The van der Waals surface area contributed by atoms with Gasteiger partial charge in [0, 0.05) is 0 Å². The van der Waals surface area contributed by atoms with Crippen LogP contribution >= 0.6 is 0 Å². The van der Waals surface area contributed by atoms with Crippen LogP contribution in [0.1, 0.15) is 129 Å². The molecule has 3 heteroatoms. The molecule has 258 valence electrons. The van der Waals surface area contributed by atoms with Gasteiger partial charge in [0.15, 0.2) is 0 Å². The quantitative estimate of drug-likeness (QED) is 0.0311. The Labute approximate surface area is 293 Å². The summed E-state index contributed by atoms with van der Waals surface area (Å²) in [6, 6.07) is 0. The maximum absolute atomic E-state index is 5.32. The summed E-state index contributed by atoms with van der Waals surface area (Å²) in [6.07, 6.45) is 72.3. The van der Waals surface area contributed by atoms with Gasteiger partial charge in [-0.1, -0.05) is 225 Å². The third-order valence-electron chi connectivity index (χ3n) is 7.11. The molecule has 0 fully saturated rings. The van der Waals surface area contributed by atoms with Crippen LogP contribution in [0, 0.1) is 0 Å². The fraction of sp³-hybridized carbons (Fsp3) is 0.455. The molecule has 0 saturated carbocycles. The highest BCUT2D eigenvalue weighted by Gasteiger charge is 1.91. The number of unbranched alkanes of at least 4 members (excludes halogenated alkanes) is 16. The molecular formula is C44H66O2Si. The monoisotopic (exact) mass is 654 g/mol. The molecule has 0 aromatic rings. The Morgan fingerprint density at radius 3 is 0.872 bits per heavy atom. The molecule has 0 unspecified atom stereocenters. The van der Waals surface area contributed by atoms with Crippen molar-refractivity contribution in [2.24, 2.45) is 0 Å². The maximum atomic E-state index is 5.32. The summed E-state index contributed by atoms with van der Waals surface area (Å²) in [7, 11) is -0.0731. The maximum Gasteiger partial charge on any atom is 0.609 e. The SMILES string of the molecule is CCCCCCCCCCC=CC=CC=CC=CC=CC=CO[Si]OC=CC=CC=CC=CC=CC=CCCCCCCCCCC. The van der Waals surface area contributed by atoms with E-state index in [4.69, 9.17) is 8.85 Å². The van der Waals surface area contributed by atoms with Crippen LogP contribution in [-0.4, -0.2) is 10.0 Å². The van der Waals surface area contributed by atoms with Crippen LogP contribution in [0.3, 0.4) is 0 Å². The largest absolute Gasteiger partial charge is 0.609 e. The zero-order valence-electron chi connectivity index (χ0n) is 29.9. The minimum Gasteiger partial charge on any atom is -0.515 e. The van der Waals surface area contributed by atoms with Crippen molar-refractivity contribution in [1.82, 2.24) is 0 Å². The van der Waals surface area contributed by atoms with Gasteiger partial charge in [0.1, 0.15) is 0 Å². The molecular weight excluding hydrogens is 589 g/mol. The van der Waals surface area contributed by atoms with Crippen LogP contribution in [-0.2, 0) is 8.85 Å². The molecule has 0 atom stereocenters. The van der Waals surface area contributed by atoms with Crippen LogP contribution in [0.4, 0.5) is 0 Å². The van der Waals surface area contributed by atoms with Crippen molar-refractivity contribution < 1.29 is 8.85 Å². The van der Waals surface area contributed by atoms with Crippen molar-refractivity contribution in [2.45, 2.75) is 129 Å². The van der Waals surface area contributed by atoms with E-state index in [-0.39, 0.29) is 10.0 Å². The lowest BCUT2D eigenvalue weighted by atomic mass is 10.1. The summed E-state index contributed by atoms with van der Waals surface area (Å²) in [5, 5.41) is 0. The third-order valence-corrected chi connectivity index (χ3v) is 7.57. The summed E-state index contributed by atoms with van der Waals surface area (Å²) in [5.74, 6) is 0. The van der Waals surface area contributed by atoms with Gasteiger partial charge in [-0.05, 0) is 37.8 Å². The second-order valence-corrected chi connectivity index (χ2v) is 12.1. The number of allylic oxidation sites excluding steroid dienone is 22. The van der Waals surface area contributed by atoms with Gasteiger partial charge >= 0.3 is 10.0 Å². The van der Waals surface area contributed by atoms with E-state index in [1.54, 1.807) is 12.5 Å². The lowest BCUT2D eigenvalue weighted by Crippen LogP contribution is -1.93. The number of rotatable bonds is 32. The van der Waals surface area contributed by atoms with Crippen molar-refractivity contribution >= 4 is 10.0 Å². The van der Waals surface area contributed by atoms with Crippen molar-refractivity contribution in [3.05, 3.63) is 146 Å². The molecule has 2 nitrogen and oxygen atoms in total. The zero-order chi connectivity index (χ0) is 33.8. The summed E-state index contributed by atoms with van der Waals surface area (Å²) >= 11 is 0. The second kappa shape index (κ2) is 42.7. The highest BCUT2D eigenvalue weighted by atomic mass is 28.3. The van der Waals surface area contributed by atoms with E-state index in [2.05, 4.69) is 62.5 Å². The van der Waals surface area contributed by atoms with Gasteiger partial charge in [0.05, 0.1) is 12.5 Å². The lowest BCUT2D eigenvalue weighted by molar-refractivity contribution is 0.376. The Balaban J connectivity index is 3.67. The normalized spacial score (nSPS) is 13.5. The predicted molar refractivity (Wildman–Crippen MR) is 212 cm³/mol. The average Bonchev–Trinajstić information content (AvgIpc) is 3.08. The molecule has 0 N–H and O–H groups in total. The fourth-order valence-corrected chi connectivity index (χ4v) is 4.74. The third kappa shape index (κ3) is 42.7. The molecule has 0 aliphatic carbocycles. The molecule has 0 heterocycles. The minimum absolute atomic E-state index is 0.0731. The fourth-order valence-electron chi connectivity index (χ4n) is 4.42. The van der Waals surface area contributed by atoms with Gasteiger partial charge in [-0.3, -0.25) is 0 Å². The van der Waals surface area contributed by atoms with Crippen LogP contribution in [0.5, 0.6) is 0 Å². The second-order valence-electron chi connectivity index (χ2n) is 11.4. The molecule has 0 aliphatic heterocycles. The lowest BCUT2D eigenvalue weighted by Gasteiger charge is -1.99. The predicted octanol–water partition coefficient (Wildman–Crippen LogP) is 14.2. The van der Waals surface area contributed by atoms with Crippen molar-refractivity contribution in [3.8, 4) is 0 Å².